The van der Waals surface area contributed by atoms with E-state index in [2.05, 4.69) is 4.98 Å². The van der Waals surface area contributed by atoms with Crippen molar-refractivity contribution in [3.63, 3.8) is 0 Å². The number of carbonyl (C=O) groups is 3. The van der Waals surface area contributed by atoms with E-state index >= 15 is 0 Å². The van der Waals surface area contributed by atoms with Gasteiger partial charge in [-0.15, -0.1) is 0 Å². The van der Waals surface area contributed by atoms with E-state index in [0.717, 1.165) is 12.8 Å². The first kappa shape index (κ1) is 20.4. The number of aromatic amines is 1. The van der Waals surface area contributed by atoms with Crippen LogP contribution in [-0.4, -0.2) is 77.3 Å². The molecule has 2 fully saturated rings. The molecule has 154 valence electrons. The standard InChI is InChI=1S/C18H23F3N4O3/c19-18(20,21)11-23-16(27)14-4-3-7-25(14)10-15(26)12-8-13(22-9-12)17(28)24-5-1-2-6-24/h8-9,14,22H,1-7,10-11H2,(H,23,27). The van der Waals surface area contributed by atoms with Gasteiger partial charge in [0, 0.05) is 24.8 Å². The van der Waals surface area contributed by atoms with Gasteiger partial charge in [-0.2, -0.15) is 13.2 Å². The van der Waals surface area contributed by atoms with Crippen LogP contribution in [0.5, 0.6) is 0 Å². The number of H-pyrrole nitrogens is 1. The van der Waals surface area contributed by atoms with E-state index in [0.29, 0.717) is 43.7 Å². The lowest BCUT2D eigenvalue weighted by Gasteiger charge is -2.23. The lowest BCUT2D eigenvalue weighted by atomic mass is 10.1. The zero-order chi connectivity index (χ0) is 20.3. The van der Waals surface area contributed by atoms with E-state index in [1.807, 2.05) is 5.32 Å². The predicted octanol–water partition coefficient (Wildman–Crippen LogP) is 1.58. The molecule has 7 nitrogen and oxygen atoms in total. The number of halogens is 3. The summed E-state index contributed by atoms with van der Waals surface area (Å²) in [5.41, 5.74) is 0.662. The highest BCUT2D eigenvalue weighted by molar-refractivity contribution is 6.01. The number of hydrogen-bond acceptors (Lipinski definition) is 4. The van der Waals surface area contributed by atoms with Crippen LogP contribution in [0.15, 0.2) is 12.3 Å². The summed E-state index contributed by atoms with van der Waals surface area (Å²) in [6, 6.07) is 0.744. The molecule has 2 aliphatic rings. The maximum absolute atomic E-state index is 12.5. The molecule has 3 rings (SSSR count). The molecule has 1 atom stereocenters. The minimum atomic E-state index is -4.47. The monoisotopic (exact) mass is 400 g/mol. The summed E-state index contributed by atoms with van der Waals surface area (Å²) in [5.74, 6) is -1.16. The number of nitrogens with one attached hydrogen (secondary N) is 2. The summed E-state index contributed by atoms with van der Waals surface area (Å²) < 4.78 is 36.9. The van der Waals surface area contributed by atoms with Crippen molar-refractivity contribution in [2.24, 2.45) is 0 Å². The Bertz CT molecular complexity index is 741. The maximum Gasteiger partial charge on any atom is 0.405 e. The Morgan fingerprint density at radius 1 is 1.14 bits per heavy atom. The molecule has 28 heavy (non-hydrogen) atoms. The summed E-state index contributed by atoms with van der Waals surface area (Å²) in [7, 11) is 0. The van der Waals surface area contributed by atoms with E-state index in [9.17, 15) is 27.6 Å². The van der Waals surface area contributed by atoms with Crippen molar-refractivity contribution in [2.75, 3.05) is 32.7 Å². The second kappa shape index (κ2) is 8.34. The van der Waals surface area contributed by atoms with Crippen LogP contribution in [0.2, 0.25) is 0 Å². The number of aromatic nitrogens is 1. The number of hydrogen-bond donors (Lipinski definition) is 2. The first-order valence-corrected chi connectivity index (χ1v) is 9.34. The fourth-order valence-corrected chi connectivity index (χ4v) is 3.66. The molecule has 1 unspecified atom stereocenters. The maximum atomic E-state index is 12.5. The number of alkyl halides is 3. The number of Topliss-reactive ketones (excluding diaryl/α,β-unsaturated/α-hetero) is 1. The van der Waals surface area contributed by atoms with Crippen molar-refractivity contribution >= 4 is 17.6 Å². The number of rotatable bonds is 6. The average Bonchev–Trinajstić information content (AvgIpc) is 3.39. The van der Waals surface area contributed by atoms with Gasteiger partial charge in [-0.3, -0.25) is 19.3 Å². The van der Waals surface area contributed by atoms with Crippen molar-refractivity contribution in [3.8, 4) is 0 Å². The smallest absolute Gasteiger partial charge is 0.356 e. The Morgan fingerprint density at radius 2 is 1.86 bits per heavy atom. The molecule has 0 radical (unpaired) electrons. The number of ketones is 1. The van der Waals surface area contributed by atoms with E-state index < -0.39 is 24.7 Å². The van der Waals surface area contributed by atoms with Crippen molar-refractivity contribution in [3.05, 3.63) is 23.5 Å². The molecular weight excluding hydrogens is 377 g/mol. The van der Waals surface area contributed by atoms with Crippen LogP contribution in [-0.2, 0) is 4.79 Å². The van der Waals surface area contributed by atoms with Crippen LogP contribution >= 0.6 is 0 Å². The van der Waals surface area contributed by atoms with Crippen LogP contribution in [0, 0.1) is 0 Å². The normalized spacial score (nSPS) is 20.5. The van der Waals surface area contributed by atoms with Crippen molar-refractivity contribution in [2.45, 2.75) is 37.9 Å². The van der Waals surface area contributed by atoms with Gasteiger partial charge in [-0.25, -0.2) is 0 Å². The molecule has 10 heteroatoms. The predicted molar refractivity (Wildman–Crippen MR) is 93.9 cm³/mol. The zero-order valence-corrected chi connectivity index (χ0v) is 15.3. The third kappa shape index (κ3) is 4.92. The number of likely N-dealkylation sites (tertiary alicyclic amines) is 2. The number of carbonyl (C=O) groups excluding carboxylic acids is 3. The number of nitrogens with zero attached hydrogens (tertiary/aromatic N) is 2. The fraction of sp³-hybridized carbons (Fsp3) is 0.611. The lowest BCUT2D eigenvalue weighted by Crippen LogP contribution is -2.47. The Labute approximate surface area is 160 Å². The van der Waals surface area contributed by atoms with Gasteiger partial charge in [0.1, 0.15) is 12.2 Å². The van der Waals surface area contributed by atoms with E-state index in [-0.39, 0.29) is 18.2 Å². The Hall–Kier alpha value is -2.36. The molecule has 0 aromatic carbocycles. The van der Waals surface area contributed by atoms with Crippen LogP contribution in [0.3, 0.4) is 0 Å². The summed E-state index contributed by atoms with van der Waals surface area (Å²) in [6.45, 7) is 0.385. The molecular formula is C18H23F3N4O3. The average molecular weight is 400 g/mol. The zero-order valence-electron chi connectivity index (χ0n) is 15.3. The van der Waals surface area contributed by atoms with E-state index in [1.165, 1.54) is 12.3 Å². The van der Waals surface area contributed by atoms with E-state index in [4.69, 9.17) is 0 Å². The molecule has 0 aliphatic carbocycles. The Balaban J connectivity index is 1.57. The third-order valence-electron chi connectivity index (χ3n) is 5.10. The van der Waals surface area contributed by atoms with Crippen molar-refractivity contribution in [1.29, 1.82) is 0 Å². The first-order valence-electron chi connectivity index (χ1n) is 9.34. The minimum absolute atomic E-state index is 0.0840. The molecule has 2 N–H and O–H groups in total. The van der Waals surface area contributed by atoms with Gasteiger partial charge in [-0.05, 0) is 38.3 Å². The molecule has 1 aromatic rings. The molecule has 2 amide bonds. The lowest BCUT2D eigenvalue weighted by molar-refractivity contribution is -0.140. The first-order chi connectivity index (χ1) is 13.2. The summed E-state index contributed by atoms with van der Waals surface area (Å²) >= 11 is 0. The molecule has 0 saturated carbocycles. The quantitative estimate of drug-likeness (QED) is 0.710. The summed E-state index contributed by atoms with van der Waals surface area (Å²) in [6.07, 6.45) is -0.0548. The van der Waals surface area contributed by atoms with Crippen LogP contribution < -0.4 is 5.32 Å². The Morgan fingerprint density at radius 3 is 2.54 bits per heavy atom. The van der Waals surface area contributed by atoms with Crippen LogP contribution in [0.4, 0.5) is 13.2 Å². The van der Waals surface area contributed by atoms with Crippen LogP contribution in [0.1, 0.15) is 46.5 Å². The van der Waals surface area contributed by atoms with Gasteiger partial charge in [0.05, 0.1) is 12.6 Å². The van der Waals surface area contributed by atoms with Gasteiger partial charge in [0.25, 0.3) is 5.91 Å². The van der Waals surface area contributed by atoms with E-state index in [1.54, 1.807) is 9.80 Å². The van der Waals surface area contributed by atoms with Gasteiger partial charge in [0.2, 0.25) is 5.91 Å². The van der Waals surface area contributed by atoms with Gasteiger partial charge < -0.3 is 15.2 Å². The summed E-state index contributed by atoms with van der Waals surface area (Å²) in [4.78, 5) is 43.1. The fourth-order valence-electron chi connectivity index (χ4n) is 3.66. The largest absolute Gasteiger partial charge is 0.405 e. The number of amides is 2. The highest BCUT2D eigenvalue weighted by Gasteiger charge is 2.35. The molecule has 3 heterocycles. The molecule has 0 bridgehead atoms. The van der Waals surface area contributed by atoms with Gasteiger partial charge in [-0.1, -0.05) is 0 Å². The van der Waals surface area contributed by atoms with Crippen molar-refractivity contribution < 1.29 is 27.6 Å². The highest BCUT2D eigenvalue weighted by atomic mass is 19.4. The second-order valence-electron chi connectivity index (χ2n) is 7.19. The van der Waals surface area contributed by atoms with Gasteiger partial charge in [0.15, 0.2) is 5.78 Å². The molecule has 0 spiro atoms. The Kier molecular flexibility index (Phi) is 6.07. The second-order valence-corrected chi connectivity index (χ2v) is 7.19. The SMILES string of the molecule is O=C(CN1CCCC1C(=O)NCC(F)(F)F)c1c[nH]c(C(=O)N2CCCC2)c1. The third-order valence-corrected chi connectivity index (χ3v) is 5.10. The molecule has 1 aromatic heterocycles. The van der Waals surface area contributed by atoms with Gasteiger partial charge >= 0.3 is 6.18 Å². The molecule has 2 aliphatic heterocycles. The minimum Gasteiger partial charge on any atom is -0.356 e. The van der Waals surface area contributed by atoms with Crippen molar-refractivity contribution in [1.82, 2.24) is 20.1 Å². The highest BCUT2D eigenvalue weighted by Crippen LogP contribution is 2.20. The van der Waals surface area contributed by atoms with Crippen LogP contribution in [0.25, 0.3) is 0 Å². The molecule has 2 saturated heterocycles. The topological polar surface area (TPSA) is 85.5 Å². The summed E-state index contributed by atoms with van der Waals surface area (Å²) in [5, 5.41) is 1.88.